The highest BCUT2D eigenvalue weighted by molar-refractivity contribution is 6.31. The van der Waals surface area contributed by atoms with E-state index in [-0.39, 0.29) is 29.4 Å². The van der Waals surface area contributed by atoms with Crippen LogP contribution in [0, 0.1) is 5.82 Å². The van der Waals surface area contributed by atoms with E-state index in [0.717, 1.165) is 0 Å². The number of rotatable bonds is 6. The van der Waals surface area contributed by atoms with Crippen molar-refractivity contribution in [1.29, 1.82) is 0 Å². The van der Waals surface area contributed by atoms with Crippen LogP contribution < -0.4 is 5.32 Å². The largest absolute Gasteiger partial charge is 0.460 e. The van der Waals surface area contributed by atoms with Gasteiger partial charge in [-0.3, -0.25) is 4.90 Å². The Kier molecular flexibility index (Phi) is 6.39. The molecular weight excluding hydrogens is 351 g/mol. The number of methoxy groups -OCH3 is 1. The van der Waals surface area contributed by atoms with Crippen LogP contribution in [-0.2, 0) is 14.3 Å². The highest BCUT2D eigenvalue weighted by Crippen LogP contribution is 2.36. The smallest absolute Gasteiger partial charge is 0.338 e. The number of esters is 1. The topological polar surface area (TPSA) is 67.9 Å². The van der Waals surface area contributed by atoms with Crippen molar-refractivity contribution in [2.24, 2.45) is 0 Å². The van der Waals surface area contributed by atoms with Gasteiger partial charge in [0, 0.05) is 29.9 Å². The lowest BCUT2D eigenvalue weighted by molar-refractivity contribution is -0.140. The van der Waals surface area contributed by atoms with Gasteiger partial charge in [0.1, 0.15) is 12.4 Å². The molecule has 0 saturated heterocycles. The minimum atomic E-state index is -1.03. The summed E-state index contributed by atoms with van der Waals surface area (Å²) < 4.78 is 24.4. The van der Waals surface area contributed by atoms with Crippen molar-refractivity contribution >= 4 is 23.6 Å². The second-order valence-corrected chi connectivity index (χ2v) is 5.80. The molecule has 1 heterocycles. The maximum absolute atomic E-state index is 14.4. The van der Waals surface area contributed by atoms with Crippen LogP contribution in [0.3, 0.4) is 0 Å². The number of urea groups is 1. The van der Waals surface area contributed by atoms with E-state index in [1.54, 1.807) is 13.8 Å². The number of halogens is 2. The first-order valence-corrected chi connectivity index (χ1v) is 8.18. The average Bonchev–Trinajstić information content (AvgIpc) is 2.55. The number of hydrogen-bond donors (Lipinski definition) is 1. The summed E-state index contributed by atoms with van der Waals surface area (Å²) in [6.45, 7) is 4.02. The zero-order valence-electron chi connectivity index (χ0n) is 14.3. The highest BCUT2D eigenvalue weighted by Gasteiger charge is 2.38. The van der Waals surface area contributed by atoms with Crippen LogP contribution >= 0.6 is 11.6 Å². The molecule has 0 aromatic heterocycles. The Balaban J connectivity index is 2.50. The minimum Gasteiger partial charge on any atom is -0.460 e. The molecular formula is C17H20ClFN2O4. The third-order valence-electron chi connectivity index (χ3n) is 3.94. The number of carbonyl (C=O) groups excluding carboxylic acids is 2. The van der Waals surface area contributed by atoms with E-state index in [4.69, 9.17) is 21.1 Å². The predicted octanol–water partition coefficient (Wildman–Crippen LogP) is 3.03. The summed E-state index contributed by atoms with van der Waals surface area (Å²) in [5.41, 5.74) is 0.578. The molecule has 2 rings (SSSR count). The second-order valence-electron chi connectivity index (χ2n) is 5.39. The zero-order chi connectivity index (χ0) is 18.6. The molecule has 1 N–H and O–H groups in total. The van der Waals surface area contributed by atoms with Crippen LogP contribution in [0.25, 0.3) is 0 Å². The molecule has 1 aliphatic rings. The van der Waals surface area contributed by atoms with Crippen molar-refractivity contribution in [3.8, 4) is 0 Å². The summed E-state index contributed by atoms with van der Waals surface area (Å²) in [5, 5.41) is 2.76. The standard InChI is InChI=1S/C17H20ClFN2O4/c1-4-21-10(2)13(16(22)25-9-8-24-3)15(20-17(21)23)14-11(18)6-5-7-12(14)19/h5-7,15H,4,8-9H2,1-3H3,(H,20,23). The van der Waals surface area contributed by atoms with Crippen LogP contribution in [0.2, 0.25) is 5.02 Å². The molecule has 0 spiro atoms. The van der Waals surface area contributed by atoms with Gasteiger partial charge < -0.3 is 14.8 Å². The molecule has 0 fully saturated rings. The van der Waals surface area contributed by atoms with Gasteiger partial charge in [0.05, 0.1) is 18.2 Å². The molecule has 1 unspecified atom stereocenters. The van der Waals surface area contributed by atoms with Crippen molar-refractivity contribution in [1.82, 2.24) is 10.2 Å². The highest BCUT2D eigenvalue weighted by atomic mass is 35.5. The van der Waals surface area contributed by atoms with Crippen LogP contribution in [-0.4, -0.2) is 43.8 Å². The number of nitrogens with one attached hydrogen (secondary N) is 1. The summed E-state index contributed by atoms with van der Waals surface area (Å²) in [7, 11) is 1.49. The van der Waals surface area contributed by atoms with Crippen LogP contribution in [0.1, 0.15) is 25.5 Å². The molecule has 0 aliphatic carbocycles. The number of nitrogens with zero attached hydrogens (tertiary/aromatic N) is 1. The first kappa shape index (κ1) is 19.2. The van der Waals surface area contributed by atoms with Gasteiger partial charge in [-0.2, -0.15) is 0 Å². The third-order valence-corrected chi connectivity index (χ3v) is 4.27. The van der Waals surface area contributed by atoms with Gasteiger partial charge in [0.2, 0.25) is 0 Å². The Hall–Kier alpha value is -2.12. The van der Waals surface area contributed by atoms with Crippen molar-refractivity contribution < 1.29 is 23.5 Å². The van der Waals surface area contributed by atoms with E-state index in [9.17, 15) is 14.0 Å². The molecule has 25 heavy (non-hydrogen) atoms. The monoisotopic (exact) mass is 370 g/mol. The van der Waals surface area contributed by atoms with E-state index in [2.05, 4.69) is 5.32 Å². The number of benzene rings is 1. The molecule has 1 atom stereocenters. The van der Waals surface area contributed by atoms with Gasteiger partial charge in [0.25, 0.3) is 0 Å². The zero-order valence-corrected chi connectivity index (χ0v) is 15.0. The van der Waals surface area contributed by atoms with Gasteiger partial charge in [-0.05, 0) is 26.0 Å². The number of allylic oxidation sites excluding steroid dienone is 1. The number of amides is 2. The third kappa shape index (κ3) is 3.93. The fraction of sp³-hybridized carbons (Fsp3) is 0.412. The Morgan fingerprint density at radius 2 is 2.12 bits per heavy atom. The molecule has 1 aliphatic heterocycles. The summed E-state index contributed by atoms with van der Waals surface area (Å²) in [6, 6.07) is 2.72. The van der Waals surface area contributed by atoms with Crippen LogP contribution in [0.5, 0.6) is 0 Å². The maximum atomic E-state index is 14.4. The second kappa shape index (κ2) is 8.31. The SMILES string of the molecule is CCN1C(=O)NC(c2c(F)cccc2Cl)C(C(=O)OCCOC)=C1C. The molecule has 8 heteroatoms. The Bertz CT molecular complexity index is 688. The molecule has 6 nitrogen and oxygen atoms in total. The fourth-order valence-corrected chi connectivity index (χ4v) is 3.00. The number of carbonyl (C=O) groups is 2. The fourth-order valence-electron chi connectivity index (χ4n) is 2.72. The molecule has 0 saturated carbocycles. The van der Waals surface area contributed by atoms with E-state index in [1.807, 2.05) is 0 Å². The molecule has 2 amide bonds. The lowest BCUT2D eigenvalue weighted by Gasteiger charge is -2.35. The van der Waals surface area contributed by atoms with E-state index in [1.165, 1.54) is 30.2 Å². The molecule has 136 valence electrons. The van der Waals surface area contributed by atoms with Crippen LogP contribution in [0.15, 0.2) is 29.5 Å². The molecule has 1 aromatic rings. The predicted molar refractivity (Wildman–Crippen MR) is 90.6 cm³/mol. The van der Waals surface area contributed by atoms with Crippen LogP contribution in [0.4, 0.5) is 9.18 Å². The van der Waals surface area contributed by atoms with Gasteiger partial charge in [-0.15, -0.1) is 0 Å². The molecule has 0 bridgehead atoms. The van der Waals surface area contributed by atoms with Crippen molar-refractivity contribution in [3.05, 3.63) is 45.9 Å². The minimum absolute atomic E-state index is 0.0336. The summed E-state index contributed by atoms with van der Waals surface area (Å²) >= 11 is 6.13. The Labute approximate surface area is 150 Å². The van der Waals surface area contributed by atoms with Crippen molar-refractivity contribution in [2.45, 2.75) is 19.9 Å². The van der Waals surface area contributed by atoms with E-state index in [0.29, 0.717) is 12.2 Å². The van der Waals surface area contributed by atoms with Crippen molar-refractivity contribution in [2.75, 3.05) is 26.9 Å². The summed E-state index contributed by atoms with van der Waals surface area (Å²) in [6.07, 6.45) is 0. The Morgan fingerprint density at radius 1 is 1.40 bits per heavy atom. The van der Waals surface area contributed by atoms with Crippen molar-refractivity contribution in [3.63, 3.8) is 0 Å². The Morgan fingerprint density at radius 3 is 2.72 bits per heavy atom. The van der Waals surface area contributed by atoms with Gasteiger partial charge in [0.15, 0.2) is 0 Å². The molecule has 0 radical (unpaired) electrons. The summed E-state index contributed by atoms with van der Waals surface area (Å²) in [5.74, 6) is -1.27. The lowest BCUT2D eigenvalue weighted by Crippen LogP contribution is -2.48. The lowest BCUT2D eigenvalue weighted by atomic mass is 9.94. The molecule has 1 aromatic carbocycles. The number of hydrogen-bond acceptors (Lipinski definition) is 4. The first-order chi connectivity index (χ1) is 11.9. The first-order valence-electron chi connectivity index (χ1n) is 7.81. The average molecular weight is 371 g/mol. The summed E-state index contributed by atoms with van der Waals surface area (Å²) in [4.78, 5) is 26.3. The normalized spacial score (nSPS) is 17.6. The van der Waals surface area contributed by atoms with E-state index >= 15 is 0 Å². The quantitative estimate of drug-likeness (QED) is 0.617. The number of ether oxygens (including phenoxy) is 2. The maximum Gasteiger partial charge on any atom is 0.338 e. The van der Waals surface area contributed by atoms with Gasteiger partial charge in [-0.25, -0.2) is 14.0 Å². The van der Waals surface area contributed by atoms with Gasteiger partial charge in [-0.1, -0.05) is 17.7 Å². The van der Waals surface area contributed by atoms with E-state index < -0.39 is 23.9 Å². The van der Waals surface area contributed by atoms with Gasteiger partial charge >= 0.3 is 12.0 Å².